The highest BCUT2D eigenvalue weighted by molar-refractivity contribution is 5.95. The number of rotatable bonds is 20. The molecule has 13 N–H and O–H groups in total. The zero-order chi connectivity index (χ0) is 34.3. The molecule has 0 aliphatic carbocycles. The number of hydrogen-bond acceptors (Lipinski definition) is 10. The van der Waals surface area contributed by atoms with Gasteiger partial charge in [0.1, 0.15) is 18.1 Å². The van der Waals surface area contributed by atoms with E-state index in [1.165, 1.54) is 6.92 Å². The third-order valence-electron chi connectivity index (χ3n) is 6.33. The zero-order valence-corrected chi connectivity index (χ0v) is 25.5. The van der Waals surface area contributed by atoms with Crippen LogP contribution in [0.1, 0.15) is 60.3 Å². The van der Waals surface area contributed by atoms with Crippen LogP contribution in [0.2, 0.25) is 0 Å². The lowest BCUT2D eigenvalue weighted by Crippen LogP contribution is -2.59. The highest BCUT2D eigenvalue weighted by Crippen LogP contribution is 2.07. The van der Waals surface area contributed by atoms with Crippen molar-refractivity contribution in [2.75, 3.05) is 6.54 Å². The third kappa shape index (κ3) is 14.7. The summed E-state index contributed by atoms with van der Waals surface area (Å²) in [7, 11) is 0. The van der Waals surface area contributed by atoms with Gasteiger partial charge in [-0.1, -0.05) is 27.7 Å². The quantitative estimate of drug-likeness (QED) is 0.0613. The summed E-state index contributed by atoms with van der Waals surface area (Å²) in [4.78, 5) is 97.3. The van der Waals surface area contributed by atoms with Crippen LogP contribution >= 0.6 is 0 Å². The summed E-state index contributed by atoms with van der Waals surface area (Å²) in [5.74, 6) is -8.05. The molecule has 0 aliphatic heterocycles. The van der Waals surface area contributed by atoms with Crippen LogP contribution in [0, 0.1) is 11.8 Å². The first-order chi connectivity index (χ1) is 20.3. The summed E-state index contributed by atoms with van der Waals surface area (Å²) in [5.41, 5.74) is 16.0. The summed E-state index contributed by atoms with van der Waals surface area (Å²) in [6, 6.07) is -6.52. The summed E-state index contributed by atoms with van der Waals surface area (Å²) >= 11 is 0. The number of hydrogen-bond donors (Lipinski definition) is 10. The molecule has 0 saturated carbocycles. The predicted octanol–water partition coefficient (Wildman–Crippen LogP) is -4.32. The topological polar surface area (TPSA) is 315 Å². The molecule has 0 saturated heterocycles. The van der Waals surface area contributed by atoms with Gasteiger partial charge >= 0.3 is 5.97 Å². The molecule has 0 radical (unpaired) electrons. The smallest absolute Gasteiger partial charge is 0.328 e. The minimum atomic E-state index is -1.62. The van der Waals surface area contributed by atoms with Crippen LogP contribution < -0.4 is 43.8 Å². The fourth-order valence-electron chi connectivity index (χ4n) is 3.72. The van der Waals surface area contributed by atoms with Crippen molar-refractivity contribution < 1.29 is 48.6 Å². The first kappa shape index (κ1) is 39.7. The molecule has 44 heavy (non-hydrogen) atoms. The second kappa shape index (κ2) is 19.1. The van der Waals surface area contributed by atoms with Crippen molar-refractivity contribution in [2.24, 2.45) is 29.0 Å². The minimum Gasteiger partial charge on any atom is -0.480 e. The van der Waals surface area contributed by atoms with Gasteiger partial charge in [0.25, 0.3) is 0 Å². The molecule has 18 nitrogen and oxygen atoms in total. The molecule has 0 rings (SSSR count). The van der Waals surface area contributed by atoms with E-state index in [4.69, 9.17) is 17.2 Å². The molecule has 0 spiro atoms. The molecule has 0 bridgehead atoms. The molecule has 0 aromatic heterocycles. The Morgan fingerprint density at radius 3 is 1.55 bits per heavy atom. The van der Waals surface area contributed by atoms with Gasteiger partial charge in [0.15, 0.2) is 6.04 Å². The number of carbonyl (C=O) groups is 8. The molecule has 0 aromatic carbocycles. The summed E-state index contributed by atoms with van der Waals surface area (Å²) in [5, 5.41) is 30.5. The van der Waals surface area contributed by atoms with Crippen molar-refractivity contribution in [2.45, 2.75) is 96.6 Å². The number of nitrogens with one attached hydrogen (secondary N) is 5. The molecule has 0 unspecified atom stereocenters. The number of carboxylic acid groups (broad SMARTS) is 1. The van der Waals surface area contributed by atoms with Gasteiger partial charge in [-0.3, -0.25) is 33.6 Å². The van der Waals surface area contributed by atoms with Crippen LogP contribution in [0.3, 0.4) is 0 Å². The molecule has 0 fully saturated rings. The van der Waals surface area contributed by atoms with Gasteiger partial charge in [-0.15, -0.1) is 0 Å². The van der Waals surface area contributed by atoms with Crippen LogP contribution in [-0.2, 0) is 38.4 Å². The molecule has 0 heterocycles. The number of primary amides is 2. The fourth-order valence-corrected chi connectivity index (χ4v) is 3.72. The lowest BCUT2D eigenvalue weighted by molar-refractivity contribution is -0.145. The molecule has 250 valence electrons. The van der Waals surface area contributed by atoms with Crippen molar-refractivity contribution in [3.8, 4) is 0 Å². The van der Waals surface area contributed by atoms with E-state index >= 15 is 0 Å². The van der Waals surface area contributed by atoms with E-state index in [9.17, 15) is 48.6 Å². The normalized spacial score (nSPS) is 15.1. The maximum Gasteiger partial charge on any atom is 0.328 e. The van der Waals surface area contributed by atoms with Crippen LogP contribution in [0.5, 0.6) is 0 Å². The van der Waals surface area contributed by atoms with E-state index in [0.29, 0.717) is 0 Å². The van der Waals surface area contributed by atoms with E-state index in [1.807, 2.05) is 0 Å². The Kier molecular flexibility index (Phi) is 17.2. The molecule has 7 amide bonds. The number of aliphatic hydroxyl groups excluding tert-OH is 1. The van der Waals surface area contributed by atoms with Crippen molar-refractivity contribution in [1.82, 2.24) is 26.6 Å². The van der Waals surface area contributed by atoms with Crippen molar-refractivity contribution in [1.29, 1.82) is 0 Å². The first-order valence-electron chi connectivity index (χ1n) is 14.0. The maximum absolute atomic E-state index is 13.1. The SMILES string of the molecule is CC(C)[C@H](NC(=O)CNC(=O)[C@H](CCC(N)=O)NC(=O)[C@@H](NC(=O)[C@@H](N)CCC(N)=O)C(C)C)C(=O)N[C@H](C(=O)O)[C@@H](C)O. The Labute approximate surface area is 255 Å². The highest BCUT2D eigenvalue weighted by atomic mass is 16.4. The van der Waals surface area contributed by atoms with E-state index in [2.05, 4.69) is 26.6 Å². The third-order valence-corrected chi connectivity index (χ3v) is 6.33. The minimum absolute atomic E-state index is 0.0562. The van der Waals surface area contributed by atoms with Gasteiger partial charge in [0, 0.05) is 12.8 Å². The average Bonchev–Trinajstić information content (AvgIpc) is 2.91. The molecular weight excluding hydrogens is 584 g/mol. The Morgan fingerprint density at radius 1 is 0.636 bits per heavy atom. The van der Waals surface area contributed by atoms with Gasteiger partial charge in [0.2, 0.25) is 41.4 Å². The first-order valence-corrected chi connectivity index (χ1v) is 14.0. The number of amides is 7. The fraction of sp³-hybridized carbons (Fsp3) is 0.692. The Morgan fingerprint density at radius 2 is 1.09 bits per heavy atom. The molecule has 0 aromatic rings. The predicted molar refractivity (Wildman–Crippen MR) is 155 cm³/mol. The van der Waals surface area contributed by atoms with E-state index < -0.39 is 102 Å². The van der Waals surface area contributed by atoms with Crippen molar-refractivity contribution in [3.05, 3.63) is 0 Å². The largest absolute Gasteiger partial charge is 0.480 e. The van der Waals surface area contributed by atoms with Gasteiger partial charge in [-0.25, -0.2) is 4.79 Å². The van der Waals surface area contributed by atoms with Gasteiger partial charge in [0.05, 0.1) is 18.7 Å². The van der Waals surface area contributed by atoms with Gasteiger partial charge in [-0.2, -0.15) is 0 Å². The van der Waals surface area contributed by atoms with E-state index in [-0.39, 0.29) is 25.7 Å². The number of carbonyl (C=O) groups excluding carboxylic acids is 7. The van der Waals surface area contributed by atoms with E-state index in [0.717, 1.165) is 0 Å². The zero-order valence-electron chi connectivity index (χ0n) is 25.5. The van der Waals surface area contributed by atoms with Crippen LogP contribution in [0.25, 0.3) is 0 Å². The molecule has 6 atom stereocenters. The maximum atomic E-state index is 13.1. The number of aliphatic carboxylic acids is 1. The molecule has 0 aliphatic rings. The number of carboxylic acids is 1. The van der Waals surface area contributed by atoms with Crippen LogP contribution in [0.15, 0.2) is 0 Å². The van der Waals surface area contributed by atoms with Crippen LogP contribution in [-0.4, -0.2) is 100 Å². The van der Waals surface area contributed by atoms with Crippen molar-refractivity contribution in [3.63, 3.8) is 0 Å². The Hall–Kier alpha value is -4.32. The second-order valence-corrected chi connectivity index (χ2v) is 11.0. The lowest BCUT2D eigenvalue weighted by atomic mass is 10.0. The number of nitrogens with two attached hydrogens (primary N) is 3. The Balaban J connectivity index is 5.51. The van der Waals surface area contributed by atoms with E-state index in [1.54, 1.807) is 27.7 Å². The summed E-state index contributed by atoms with van der Waals surface area (Å²) < 4.78 is 0. The van der Waals surface area contributed by atoms with Gasteiger partial charge < -0.3 is 54.0 Å². The van der Waals surface area contributed by atoms with Crippen LogP contribution in [0.4, 0.5) is 0 Å². The number of aliphatic hydroxyl groups is 1. The van der Waals surface area contributed by atoms with Gasteiger partial charge in [-0.05, 0) is 31.6 Å². The molecular formula is C26H46N8O10. The van der Waals surface area contributed by atoms with Crippen molar-refractivity contribution >= 4 is 47.3 Å². The summed E-state index contributed by atoms with van der Waals surface area (Å²) in [6.45, 7) is 6.88. The summed E-state index contributed by atoms with van der Waals surface area (Å²) in [6.07, 6.45) is -2.19. The average molecular weight is 631 g/mol. The standard InChI is InChI=1S/C26H46N8O10/c1-11(2)19(25(42)34-21(13(5)35)26(43)44)32-18(38)10-30-23(40)15(7-9-17(29)37)31-24(41)20(12(3)4)33-22(39)14(27)6-8-16(28)36/h11-15,19-21,35H,6-10,27H2,1-5H3,(H2,28,36)(H2,29,37)(H,30,40)(H,31,41)(H,32,38)(H,33,39)(H,34,42)(H,43,44)/t13-,14+,15+,19+,20+,21+/m1/s1. The Bertz CT molecular complexity index is 1070. The molecule has 18 heteroatoms. The lowest BCUT2D eigenvalue weighted by Gasteiger charge is -2.26. The second-order valence-electron chi connectivity index (χ2n) is 11.0. The highest BCUT2D eigenvalue weighted by Gasteiger charge is 2.32. The monoisotopic (exact) mass is 630 g/mol.